The molecule has 94 valence electrons. The summed E-state index contributed by atoms with van der Waals surface area (Å²) in [4.78, 5) is 0. The third-order valence-corrected chi connectivity index (χ3v) is 4.80. The van der Waals surface area contributed by atoms with E-state index in [1.165, 1.54) is 41.3 Å². The highest BCUT2D eigenvalue weighted by Crippen LogP contribution is 2.37. The largest absolute Gasteiger partial charge is 0.310 e. The van der Waals surface area contributed by atoms with E-state index >= 15 is 0 Å². The predicted molar refractivity (Wildman–Crippen MR) is 77.3 cm³/mol. The van der Waals surface area contributed by atoms with Gasteiger partial charge >= 0.3 is 0 Å². The Kier molecular flexibility index (Phi) is 4.63. The smallest absolute Gasteiger partial charge is 0.0351 e. The van der Waals surface area contributed by atoms with Crippen LogP contribution >= 0.6 is 15.9 Å². The van der Waals surface area contributed by atoms with Crippen LogP contribution in [0.25, 0.3) is 0 Å². The lowest BCUT2D eigenvalue weighted by molar-refractivity contribution is 0.373. The van der Waals surface area contributed by atoms with Crippen LogP contribution in [0.15, 0.2) is 22.7 Å². The van der Waals surface area contributed by atoms with Crippen LogP contribution in [0.5, 0.6) is 0 Å². The van der Waals surface area contributed by atoms with E-state index in [0.29, 0.717) is 6.04 Å². The second-order valence-electron chi connectivity index (χ2n) is 5.03. The van der Waals surface area contributed by atoms with Gasteiger partial charge in [-0.05, 0) is 49.4 Å². The van der Waals surface area contributed by atoms with Crippen molar-refractivity contribution in [3.8, 4) is 0 Å². The Bertz CT molecular complexity index is 369. The van der Waals surface area contributed by atoms with Crippen molar-refractivity contribution in [1.29, 1.82) is 0 Å². The Hall–Kier alpha value is -0.340. The van der Waals surface area contributed by atoms with Crippen molar-refractivity contribution >= 4 is 15.9 Å². The van der Waals surface area contributed by atoms with Crippen molar-refractivity contribution in [3.05, 3.63) is 33.8 Å². The molecule has 1 fully saturated rings. The average molecular weight is 296 g/mol. The topological polar surface area (TPSA) is 12.0 Å². The third-order valence-electron chi connectivity index (χ3n) is 3.94. The van der Waals surface area contributed by atoms with Crippen LogP contribution in [-0.4, -0.2) is 6.54 Å². The Morgan fingerprint density at radius 1 is 1.35 bits per heavy atom. The average Bonchev–Trinajstić information content (AvgIpc) is 2.84. The van der Waals surface area contributed by atoms with Crippen LogP contribution in [0, 0.1) is 12.8 Å². The molecule has 1 aliphatic carbocycles. The van der Waals surface area contributed by atoms with Gasteiger partial charge in [0.05, 0.1) is 0 Å². The monoisotopic (exact) mass is 295 g/mol. The summed E-state index contributed by atoms with van der Waals surface area (Å²) in [6.07, 6.45) is 5.56. The maximum absolute atomic E-state index is 3.69. The van der Waals surface area contributed by atoms with E-state index in [1.54, 1.807) is 0 Å². The highest BCUT2D eigenvalue weighted by atomic mass is 79.9. The molecule has 0 spiro atoms. The predicted octanol–water partition coefficient (Wildman–Crippen LogP) is 4.60. The molecular formula is C15H22BrN. The SMILES string of the molecule is CCNC(c1cccc(Br)c1C)C1CCCC1. The zero-order valence-corrected chi connectivity index (χ0v) is 12.4. The molecule has 0 saturated heterocycles. The second-order valence-corrected chi connectivity index (χ2v) is 5.89. The van der Waals surface area contributed by atoms with Gasteiger partial charge in [0.1, 0.15) is 0 Å². The lowest BCUT2D eigenvalue weighted by Gasteiger charge is -2.26. The van der Waals surface area contributed by atoms with E-state index in [2.05, 4.69) is 53.3 Å². The van der Waals surface area contributed by atoms with Crippen LogP contribution < -0.4 is 5.32 Å². The highest BCUT2D eigenvalue weighted by molar-refractivity contribution is 9.10. The fourth-order valence-corrected chi connectivity index (χ4v) is 3.38. The van der Waals surface area contributed by atoms with Gasteiger partial charge in [0.25, 0.3) is 0 Å². The molecule has 1 aromatic rings. The summed E-state index contributed by atoms with van der Waals surface area (Å²) in [5.74, 6) is 0.822. The van der Waals surface area contributed by atoms with Crippen molar-refractivity contribution in [2.75, 3.05) is 6.54 Å². The molecule has 1 unspecified atom stereocenters. The molecule has 17 heavy (non-hydrogen) atoms. The Balaban J connectivity index is 2.27. The Labute approximate surface area is 113 Å². The summed E-state index contributed by atoms with van der Waals surface area (Å²) in [7, 11) is 0. The maximum Gasteiger partial charge on any atom is 0.0351 e. The lowest BCUT2D eigenvalue weighted by atomic mass is 9.89. The Morgan fingerprint density at radius 2 is 2.06 bits per heavy atom. The van der Waals surface area contributed by atoms with E-state index in [-0.39, 0.29) is 0 Å². The van der Waals surface area contributed by atoms with Crippen molar-refractivity contribution < 1.29 is 0 Å². The molecule has 0 heterocycles. The first-order valence-electron chi connectivity index (χ1n) is 6.72. The summed E-state index contributed by atoms with van der Waals surface area (Å²) in [6, 6.07) is 7.12. The number of hydrogen-bond donors (Lipinski definition) is 1. The summed E-state index contributed by atoms with van der Waals surface area (Å²) >= 11 is 3.65. The van der Waals surface area contributed by atoms with Gasteiger partial charge in [0.15, 0.2) is 0 Å². The van der Waals surface area contributed by atoms with Gasteiger partial charge in [0, 0.05) is 10.5 Å². The molecule has 1 atom stereocenters. The molecular weight excluding hydrogens is 274 g/mol. The van der Waals surface area contributed by atoms with Gasteiger partial charge in [0.2, 0.25) is 0 Å². The van der Waals surface area contributed by atoms with Gasteiger partial charge in [-0.15, -0.1) is 0 Å². The van der Waals surface area contributed by atoms with E-state index in [9.17, 15) is 0 Å². The number of hydrogen-bond acceptors (Lipinski definition) is 1. The van der Waals surface area contributed by atoms with E-state index in [1.807, 2.05) is 0 Å². The summed E-state index contributed by atoms with van der Waals surface area (Å²) in [6.45, 7) is 5.47. The third kappa shape index (κ3) is 2.92. The van der Waals surface area contributed by atoms with Gasteiger partial charge in [-0.25, -0.2) is 0 Å². The van der Waals surface area contributed by atoms with Gasteiger partial charge in [-0.2, -0.15) is 0 Å². The minimum Gasteiger partial charge on any atom is -0.310 e. The van der Waals surface area contributed by atoms with Crippen LogP contribution in [0.4, 0.5) is 0 Å². The van der Waals surface area contributed by atoms with Crippen LogP contribution in [0.1, 0.15) is 49.8 Å². The molecule has 2 rings (SSSR count). The normalized spacial score (nSPS) is 18.5. The first kappa shape index (κ1) is 13.1. The molecule has 1 nitrogen and oxygen atoms in total. The fourth-order valence-electron chi connectivity index (χ4n) is 3.00. The van der Waals surface area contributed by atoms with Gasteiger partial charge < -0.3 is 5.32 Å². The van der Waals surface area contributed by atoms with Gasteiger partial charge in [-0.3, -0.25) is 0 Å². The highest BCUT2D eigenvalue weighted by Gasteiger charge is 2.26. The van der Waals surface area contributed by atoms with Gasteiger partial charge in [-0.1, -0.05) is 47.8 Å². The first-order valence-corrected chi connectivity index (χ1v) is 7.51. The minimum absolute atomic E-state index is 0.542. The van der Waals surface area contributed by atoms with Crippen LogP contribution in [0.3, 0.4) is 0 Å². The van der Waals surface area contributed by atoms with Crippen LogP contribution in [0.2, 0.25) is 0 Å². The molecule has 0 aliphatic heterocycles. The quantitative estimate of drug-likeness (QED) is 0.856. The zero-order chi connectivity index (χ0) is 12.3. The molecule has 0 aromatic heterocycles. The van der Waals surface area contributed by atoms with Crippen LogP contribution in [-0.2, 0) is 0 Å². The van der Waals surface area contributed by atoms with Crippen molar-refractivity contribution in [2.45, 2.75) is 45.6 Å². The van der Waals surface area contributed by atoms with E-state index in [0.717, 1.165) is 12.5 Å². The lowest BCUT2D eigenvalue weighted by Crippen LogP contribution is -2.27. The Morgan fingerprint density at radius 3 is 2.71 bits per heavy atom. The molecule has 0 radical (unpaired) electrons. The first-order chi connectivity index (χ1) is 8.24. The van der Waals surface area contributed by atoms with E-state index < -0.39 is 0 Å². The number of halogens is 1. The molecule has 0 amide bonds. The summed E-state index contributed by atoms with van der Waals surface area (Å²) in [5.41, 5.74) is 2.87. The van der Waals surface area contributed by atoms with E-state index in [4.69, 9.17) is 0 Å². The minimum atomic E-state index is 0.542. The summed E-state index contributed by atoms with van der Waals surface area (Å²) in [5, 5.41) is 3.69. The second kappa shape index (κ2) is 6.01. The standard InChI is InChI=1S/C15H22BrN/c1-3-17-15(12-7-4-5-8-12)13-9-6-10-14(16)11(13)2/h6,9-10,12,15,17H,3-5,7-8H2,1-2H3. The molecule has 1 aliphatic rings. The molecule has 0 bridgehead atoms. The fraction of sp³-hybridized carbons (Fsp3) is 0.600. The van der Waals surface area contributed by atoms with Crippen molar-refractivity contribution in [2.24, 2.45) is 5.92 Å². The number of rotatable bonds is 4. The molecule has 1 aromatic carbocycles. The molecule has 1 saturated carbocycles. The number of benzene rings is 1. The van der Waals surface area contributed by atoms with Crippen molar-refractivity contribution in [1.82, 2.24) is 5.32 Å². The zero-order valence-electron chi connectivity index (χ0n) is 10.8. The van der Waals surface area contributed by atoms with Crippen molar-refractivity contribution in [3.63, 3.8) is 0 Å². The maximum atomic E-state index is 3.69. The molecule has 2 heteroatoms. The number of nitrogens with one attached hydrogen (secondary N) is 1. The summed E-state index contributed by atoms with van der Waals surface area (Å²) < 4.78 is 1.23. The molecule has 1 N–H and O–H groups in total.